The lowest BCUT2D eigenvalue weighted by atomic mass is 10.0. The quantitative estimate of drug-likeness (QED) is 0.921. The summed E-state index contributed by atoms with van der Waals surface area (Å²) in [5.74, 6) is -0.737. The van der Waals surface area contributed by atoms with E-state index in [9.17, 15) is 22.8 Å². The number of rotatable bonds is 3. The first-order valence-corrected chi connectivity index (χ1v) is 6.07. The minimum absolute atomic E-state index is 0.0208. The Kier molecular flexibility index (Phi) is 3.96. The van der Waals surface area contributed by atoms with Crippen LogP contribution in [-0.4, -0.2) is 37.5 Å². The van der Waals surface area contributed by atoms with Crippen molar-refractivity contribution in [2.75, 3.05) is 24.5 Å². The van der Waals surface area contributed by atoms with E-state index in [1.54, 1.807) is 29.2 Å². The lowest BCUT2D eigenvalue weighted by Crippen LogP contribution is -2.43. The first-order chi connectivity index (χ1) is 9.37. The maximum atomic E-state index is 12.0. The second kappa shape index (κ2) is 5.52. The molecule has 4 nitrogen and oxygen atoms in total. The minimum Gasteiger partial charge on any atom is -0.361 e. The van der Waals surface area contributed by atoms with E-state index >= 15 is 0 Å². The predicted molar refractivity (Wildman–Crippen MR) is 66.7 cm³/mol. The Labute approximate surface area is 113 Å². The molecule has 1 heterocycles. The molecule has 0 spiro atoms. The van der Waals surface area contributed by atoms with Crippen molar-refractivity contribution in [3.05, 3.63) is 29.8 Å². The third kappa shape index (κ3) is 3.49. The molecule has 1 N–H and O–H groups in total. The summed E-state index contributed by atoms with van der Waals surface area (Å²) in [6.07, 6.45) is -4.17. The summed E-state index contributed by atoms with van der Waals surface area (Å²) in [6.45, 7) is -1.21. The third-order valence-corrected chi connectivity index (χ3v) is 2.97. The van der Waals surface area contributed by atoms with Gasteiger partial charge in [-0.3, -0.25) is 9.59 Å². The first kappa shape index (κ1) is 14.4. The zero-order valence-electron chi connectivity index (χ0n) is 10.5. The Morgan fingerprint density at radius 2 is 2.00 bits per heavy atom. The van der Waals surface area contributed by atoms with Crippen molar-refractivity contribution >= 4 is 17.4 Å². The number of nitrogens with zero attached hydrogens (tertiary/aromatic N) is 1. The van der Waals surface area contributed by atoms with Crippen LogP contribution in [0.5, 0.6) is 0 Å². The number of amides is 1. The van der Waals surface area contributed by atoms with Crippen LogP contribution in [0.4, 0.5) is 18.9 Å². The molecule has 7 heteroatoms. The van der Waals surface area contributed by atoms with Crippen LogP contribution in [0, 0.1) is 0 Å². The average Bonchev–Trinajstić information content (AvgIpc) is 2.39. The van der Waals surface area contributed by atoms with Gasteiger partial charge in [0.05, 0.1) is 6.54 Å². The van der Waals surface area contributed by atoms with Crippen LogP contribution in [0.25, 0.3) is 0 Å². The first-order valence-electron chi connectivity index (χ1n) is 6.07. The smallest absolute Gasteiger partial charge is 0.361 e. The molecule has 0 bridgehead atoms. The monoisotopic (exact) mass is 286 g/mol. The van der Waals surface area contributed by atoms with Crippen LogP contribution in [-0.2, 0) is 4.79 Å². The summed E-state index contributed by atoms with van der Waals surface area (Å²) in [7, 11) is 0. The molecular weight excluding hydrogens is 273 g/mol. The van der Waals surface area contributed by atoms with Crippen LogP contribution in [0.3, 0.4) is 0 Å². The Hall–Kier alpha value is -2.05. The average molecular weight is 286 g/mol. The second-order valence-electron chi connectivity index (χ2n) is 4.50. The van der Waals surface area contributed by atoms with Crippen molar-refractivity contribution < 1.29 is 22.8 Å². The molecule has 0 aliphatic carbocycles. The molecule has 2 rings (SSSR count). The van der Waals surface area contributed by atoms with E-state index in [1.165, 1.54) is 0 Å². The Bertz CT molecular complexity index is 529. The molecule has 0 saturated heterocycles. The number of hydrogen-bond donors (Lipinski definition) is 1. The molecule has 1 amide bonds. The van der Waals surface area contributed by atoms with Gasteiger partial charge in [0.2, 0.25) is 5.91 Å². The van der Waals surface area contributed by atoms with Crippen molar-refractivity contribution in [2.45, 2.75) is 12.6 Å². The lowest BCUT2D eigenvalue weighted by Gasteiger charge is -2.29. The van der Waals surface area contributed by atoms with E-state index in [0.29, 0.717) is 17.8 Å². The maximum Gasteiger partial charge on any atom is 0.405 e. The summed E-state index contributed by atoms with van der Waals surface area (Å²) in [4.78, 5) is 24.8. The SMILES string of the molecule is O=C(CN1CCC(=O)c2ccccc21)NCC(F)(F)F. The molecule has 1 aliphatic rings. The van der Waals surface area contributed by atoms with Gasteiger partial charge in [-0.15, -0.1) is 0 Å². The number of benzene rings is 1. The maximum absolute atomic E-state index is 12.0. The lowest BCUT2D eigenvalue weighted by molar-refractivity contribution is -0.137. The highest BCUT2D eigenvalue weighted by Crippen LogP contribution is 2.26. The molecule has 0 aromatic heterocycles. The van der Waals surface area contributed by atoms with Gasteiger partial charge in [0.15, 0.2) is 5.78 Å². The van der Waals surface area contributed by atoms with E-state index in [4.69, 9.17) is 0 Å². The van der Waals surface area contributed by atoms with Crippen molar-refractivity contribution in [3.63, 3.8) is 0 Å². The summed E-state index contributed by atoms with van der Waals surface area (Å²) < 4.78 is 36.0. The summed E-state index contributed by atoms with van der Waals surface area (Å²) in [5, 5.41) is 1.82. The number of para-hydroxylation sites is 1. The van der Waals surface area contributed by atoms with Gasteiger partial charge in [-0.1, -0.05) is 12.1 Å². The number of hydrogen-bond acceptors (Lipinski definition) is 3. The van der Waals surface area contributed by atoms with Gasteiger partial charge in [0.25, 0.3) is 0 Å². The minimum atomic E-state index is -4.43. The largest absolute Gasteiger partial charge is 0.405 e. The molecule has 1 aromatic rings. The zero-order chi connectivity index (χ0) is 14.8. The Balaban J connectivity index is 2.02. The van der Waals surface area contributed by atoms with E-state index in [0.717, 1.165) is 0 Å². The number of ketones is 1. The van der Waals surface area contributed by atoms with Crippen LogP contribution >= 0.6 is 0 Å². The van der Waals surface area contributed by atoms with Crippen molar-refractivity contribution in [3.8, 4) is 0 Å². The molecule has 0 atom stereocenters. The molecule has 1 aromatic carbocycles. The number of fused-ring (bicyclic) bond motifs is 1. The zero-order valence-corrected chi connectivity index (χ0v) is 10.5. The van der Waals surface area contributed by atoms with Gasteiger partial charge in [-0.2, -0.15) is 13.2 Å². The third-order valence-electron chi connectivity index (χ3n) is 2.97. The van der Waals surface area contributed by atoms with Crippen molar-refractivity contribution in [1.82, 2.24) is 5.32 Å². The second-order valence-corrected chi connectivity index (χ2v) is 4.50. The van der Waals surface area contributed by atoms with E-state index in [1.807, 2.05) is 5.32 Å². The summed E-state index contributed by atoms with van der Waals surface area (Å²) >= 11 is 0. The fraction of sp³-hybridized carbons (Fsp3) is 0.385. The molecule has 108 valence electrons. The van der Waals surface area contributed by atoms with Gasteiger partial charge in [-0.25, -0.2) is 0 Å². The molecule has 20 heavy (non-hydrogen) atoms. The highest BCUT2D eigenvalue weighted by molar-refractivity contribution is 6.03. The topological polar surface area (TPSA) is 49.4 Å². The van der Waals surface area contributed by atoms with Crippen molar-refractivity contribution in [1.29, 1.82) is 0 Å². The summed E-state index contributed by atoms with van der Waals surface area (Å²) in [5.41, 5.74) is 1.09. The fourth-order valence-corrected chi connectivity index (χ4v) is 2.07. The summed E-state index contributed by atoms with van der Waals surface area (Å²) in [6, 6.07) is 6.77. The Morgan fingerprint density at radius 3 is 2.70 bits per heavy atom. The van der Waals surface area contributed by atoms with E-state index in [2.05, 4.69) is 0 Å². The van der Waals surface area contributed by atoms with E-state index in [-0.39, 0.29) is 18.7 Å². The highest BCUT2D eigenvalue weighted by atomic mass is 19.4. The number of carbonyl (C=O) groups excluding carboxylic acids is 2. The normalized spacial score (nSPS) is 14.9. The predicted octanol–water partition coefficient (Wildman–Crippen LogP) is 1.76. The standard InChI is InChI=1S/C13H13F3N2O2/c14-13(15,16)8-17-12(20)7-18-6-5-11(19)9-3-1-2-4-10(9)18/h1-4H,5-8H2,(H,17,20). The van der Waals surface area contributed by atoms with Gasteiger partial charge < -0.3 is 10.2 Å². The fourth-order valence-electron chi connectivity index (χ4n) is 2.07. The molecule has 1 aliphatic heterocycles. The number of nitrogens with one attached hydrogen (secondary N) is 1. The van der Waals surface area contributed by atoms with Crippen molar-refractivity contribution in [2.24, 2.45) is 0 Å². The van der Waals surface area contributed by atoms with Crippen LogP contribution < -0.4 is 10.2 Å². The van der Waals surface area contributed by atoms with Gasteiger partial charge in [0.1, 0.15) is 6.54 Å². The number of anilines is 1. The number of alkyl halides is 3. The van der Waals surface area contributed by atoms with Crippen LogP contribution in [0.2, 0.25) is 0 Å². The molecule has 0 saturated carbocycles. The van der Waals surface area contributed by atoms with Crippen LogP contribution in [0.15, 0.2) is 24.3 Å². The van der Waals surface area contributed by atoms with Gasteiger partial charge in [0, 0.05) is 24.2 Å². The molecule has 0 fully saturated rings. The Morgan fingerprint density at radius 1 is 1.30 bits per heavy atom. The van der Waals surface area contributed by atoms with Crippen LogP contribution in [0.1, 0.15) is 16.8 Å². The highest BCUT2D eigenvalue weighted by Gasteiger charge is 2.29. The number of Topliss-reactive ketones (excluding diaryl/α,β-unsaturated/α-hetero) is 1. The molecule has 0 unspecified atom stereocenters. The van der Waals surface area contributed by atoms with Gasteiger partial charge >= 0.3 is 6.18 Å². The number of halogens is 3. The number of carbonyl (C=O) groups is 2. The van der Waals surface area contributed by atoms with Gasteiger partial charge in [-0.05, 0) is 12.1 Å². The molecular formula is C13H13F3N2O2. The van der Waals surface area contributed by atoms with E-state index < -0.39 is 18.6 Å². The molecule has 0 radical (unpaired) electrons.